The molecule has 2 aromatic carbocycles. The molecule has 6 heteroatoms. The Hall–Kier alpha value is -2.40. The Labute approximate surface area is 138 Å². The van der Waals surface area contributed by atoms with E-state index in [-0.39, 0.29) is 12.2 Å². The van der Waals surface area contributed by atoms with E-state index in [0.29, 0.717) is 10.6 Å². The third-order valence-corrected chi connectivity index (χ3v) is 3.42. The molecule has 0 radical (unpaired) electrons. The van der Waals surface area contributed by atoms with Crippen LogP contribution in [-0.4, -0.2) is 17.9 Å². The number of ether oxygens (including phenoxy) is 1. The van der Waals surface area contributed by atoms with Crippen molar-refractivity contribution in [2.75, 3.05) is 0 Å². The van der Waals surface area contributed by atoms with E-state index in [1.807, 2.05) is 0 Å². The molecular formula is C17H15ClFNO3. The maximum atomic E-state index is 13.0. The van der Waals surface area contributed by atoms with Crippen molar-refractivity contribution in [3.8, 4) is 0 Å². The fourth-order valence-corrected chi connectivity index (χ4v) is 2.11. The molecule has 23 heavy (non-hydrogen) atoms. The van der Waals surface area contributed by atoms with Gasteiger partial charge < -0.3 is 10.1 Å². The van der Waals surface area contributed by atoms with Crippen LogP contribution in [0.1, 0.15) is 22.8 Å². The highest BCUT2D eigenvalue weighted by atomic mass is 35.5. The lowest BCUT2D eigenvalue weighted by atomic mass is 10.2. The standard InChI is InChI=1S/C17H15ClFNO3/c1-11(20-16(21)14-7-2-3-8-15(14)18)17(22)23-10-12-5-4-6-13(19)9-12/h2-9,11H,10H2,1H3,(H,20,21)/t11-/m1/s1. The molecule has 0 bridgehead atoms. The van der Waals surface area contributed by atoms with Crippen molar-refractivity contribution >= 4 is 23.5 Å². The molecule has 0 fully saturated rings. The van der Waals surface area contributed by atoms with Gasteiger partial charge in [0.2, 0.25) is 0 Å². The van der Waals surface area contributed by atoms with Crippen LogP contribution in [0.4, 0.5) is 4.39 Å². The van der Waals surface area contributed by atoms with Crippen molar-refractivity contribution in [1.29, 1.82) is 0 Å². The summed E-state index contributed by atoms with van der Waals surface area (Å²) in [5.74, 6) is -1.49. The van der Waals surface area contributed by atoms with E-state index in [1.165, 1.54) is 25.1 Å². The summed E-state index contributed by atoms with van der Waals surface area (Å²) in [6, 6.07) is 11.4. The van der Waals surface area contributed by atoms with E-state index in [0.717, 1.165) is 0 Å². The zero-order valence-corrected chi connectivity index (χ0v) is 13.1. The number of carbonyl (C=O) groups excluding carboxylic acids is 2. The molecule has 0 spiro atoms. The highest BCUT2D eigenvalue weighted by Crippen LogP contribution is 2.14. The third-order valence-electron chi connectivity index (χ3n) is 3.09. The fourth-order valence-electron chi connectivity index (χ4n) is 1.88. The molecule has 120 valence electrons. The number of hydrogen-bond donors (Lipinski definition) is 1. The van der Waals surface area contributed by atoms with Crippen LogP contribution in [0, 0.1) is 5.82 Å². The van der Waals surface area contributed by atoms with Crippen molar-refractivity contribution in [3.05, 3.63) is 70.5 Å². The Morgan fingerprint density at radius 3 is 2.65 bits per heavy atom. The van der Waals surface area contributed by atoms with Gasteiger partial charge >= 0.3 is 5.97 Å². The number of rotatable bonds is 5. The largest absolute Gasteiger partial charge is 0.459 e. The molecule has 0 aliphatic heterocycles. The molecule has 1 atom stereocenters. The molecule has 0 saturated carbocycles. The Morgan fingerprint density at radius 1 is 1.22 bits per heavy atom. The first kappa shape index (κ1) is 17.0. The van der Waals surface area contributed by atoms with Gasteiger partial charge in [0.15, 0.2) is 0 Å². The molecule has 0 aliphatic rings. The highest BCUT2D eigenvalue weighted by Gasteiger charge is 2.19. The van der Waals surface area contributed by atoms with E-state index >= 15 is 0 Å². The second-order valence-electron chi connectivity index (χ2n) is 4.91. The van der Waals surface area contributed by atoms with Gasteiger partial charge in [-0.05, 0) is 36.8 Å². The quantitative estimate of drug-likeness (QED) is 0.853. The molecule has 0 aromatic heterocycles. The van der Waals surface area contributed by atoms with Crippen molar-refractivity contribution < 1.29 is 18.7 Å². The number of amides is 1. The Balaban J connectivity index is 1.90. The molecule has 0 saturated heterocycles. The lowest BCUT2D eigenvalue weighted by molar-refractivity contribution is -0.146. The minimum Gasteiger partial charge on any atom is -0.459 e. The van der Waals surface area contributed by atoms with Gasteiger partial charge in [0, 0.05) is 0 Å². The Kier molecular flexibility index (Phi) is 5.71. The topological polar surface area (TPSA) is 55.4 Å². The second-order valence-corrected chi connectivity index (χ2v) is 5.32. The summed E-state index contributed by atoms with van der Waals surface area (Å²) in [4.78, 5) is 23.9. The average Bonchev–Trinajstić information content (AvgIpc) is 2.53. The zero-order valence-electron chi connectivity index (χ0n) is 12.4. The normalized spacial score (nSPS) is 11.6. The first-order valence-corrected chi connectivity index (χ1v) is 7.31. The lowest BCUT2D eigenvalue weighted by Crippen LogP contribution is -2.39. The van der Waals surface area contributed by atoms with Gasteiger partial charge in [-0.15, -0.1) is 0 Å². The number of halogens is 2. The minimum atomic E-state index is -0.854. The summed E-state index contributed by atoms with van der Waals surface area (Å²) < 4.78 is 18.1. The minimum absolute atomic E-state index is 0.0666. The van der Waals surface area contributed by atoms with Crippen molar-refractivity contribution in [2.45, 2.75) is 19.6 Å². The van der Waals surface area contributed by atoms with Gasteiger partial charge in [-0.3, -0.25) is 4.79 Å². The van der Waals surface area contributed by atoms with E-state index < -0.39 is 23.7 Å². The smallest absolute Gasteiger partial charge is 0.328 e. The van der Waals surface area contributed by atoms with Crippen LogP contribution >= 0.6 is 11.6 Å². The second kappa shape index (κ2) is 7.74. The molecule has 0 aliphatic carbocycles. The molecule has 0 heterocycles. The molecule has 1 amide bonds. The van der Waals surface area contributed by atoms with E-state index in [1.54, 1.807) is 30.3 Å². The molecule has 2 aromatic rings. The molecule has 4 nitrogen and oxygen atoms in total. The van der Waals surface area contributed by atoms with Crippen molar-refractivity contribution in [1.82, 2.24) is 5.32 Å². The van der Waals surface area contributed by atoms with Gasteiger partial charge in [-0.25, -0.2) is 9.18 Å². The molecule has 1 N–H and O–H groups in total. The summed E-state index contributed by atoms with van der Waals surface area (Å²) in [5, 5.41) is 2.81. The first-order chi connectivity index (χ1) is 11.0. The van der Waals surface area contributed by atoms with Crippen LogP contribution < -0.4 is 5.32 Å². The average molecular weight is 336 g/mol. The van der Waals surface area contributed by atoms with Gasteiger partial charge in [-0.2, -0.15) is 0 Å². The summed E-state index contributed by atoms with van der Waals surface area (Å²) in [6.45, 7) is 1.44. The number of benzene rings is 2. The summed E-state index contributed by atoms with van der Waals surface area (Å²) in [6.07, 6.45) is 0. The number of hydrogen-bond acceptors (Lipinski definition) is 3. The van der Waals surface area contributed by atoms with Crippen LogP contribution in [0.2, 0.25) is 5.02 Å². The Bertz CT molecular complexity index is 720. The lowest BCUT2D eigenvalue weighted by Gasteiger charge is -2.14. The van der Waals surface area contributed by atoms with Gasteiger partial charge in [0.05, 0.1) is 10.6 Å². The summed E-state index contributed by atoms with van der Waals surface area (Å²) in [7, 11) is 0. The monoisotopic (exact) mass is 335 g/mol. The van der Waals surface area contributed by atoms with Crippen molar-refractivity contribution in [3.63, 3.8) is 0 Å². The van der Waals surface area contributed by atoms with E-state index in [4.69, 9.17) is 16.3 Å². The Morgan fingerprint density at radius 2 is 1.96 bits per heavy atom. The van der Waals surface area contributed by atoms with Gasteiger partial charge in [-0.1, -0.05) is 35.9 Å². The van der Waals surface area contributed by atoms with E-state index in [2.05, 4.69) is 5.32 Å². The predicted octanol–water partition coefficient (Wildman–Crippen LogP) is 3.34. The highest BCUT2D eigenvalue weighted by molar-refractivity contribution is 6.33. The SMILES string of the molecule is C[C@@H](NC(=O)c1ccccc1Cl)C(=O)OCc1cccc(F)c1. The molecule has 2 rings (SSSR count). The van der Waals surface area contributed by atoms with Crippen LogP contribution in [0.3, 0.4) is 0 Å². The predicted molar refractivity (Wildman–Crippen MR) is 84.6 cm³/mol. The van der Waals surface area contributed by atoms with Crippen LogP contribution in [0.5, 0.6) is 0 Å². The van der Waals surface area contributed by atoms with E-state index in [9.17, 15) is 14.0 Å². The van der Waals surface area contributed by atoms with Crippen LogP contribution in [-0.2, 0) is 16.1 Å². The zero-order chi connectivity index (χ0) is 16.8. The fraction of sp³-hybridized carbons (Fsp3) is 0.176. The first-order valence-electron chi connectivity index (χ1n) is 6.94. The van der Waals surface area contributed by atoms with Gasteiger partial charge in [0.1, 0.15) is 18.5 Å². The summed E-state index contributed by atoms with van der Waals surface area (Å²) in [5.41, 5.74) is 0.807. The maximum Gasteiger partial charge on any atom is 0.328 e. The molecule has 0 unspecified atom stereocenters. The number of carbonyl (C=O) groups is 2. The van der Waals surface area contributed by atoms with Gasteiger partial charge in [0.25, 0.3) is 5.91 Å². The third kappa shape index (κ3) is 4.79. The number of nitrogens with one attached hydrogen (secondary N) is 1. The molecular weight excluding hydrogens is 321 g/mol. The summed E-state index contributed by atoms with van der Waals surface area (Å²) >= 11 is 5.93. The van der Waals surface area contributed by atoms with Crippen molar-refractivity contribution in [2.24, 2.45) is 0 Å². The van der Waals surface area contributed by atoms with Crippen LogP contribution in [0.15, 0.2) is 48.5 Å². The number of esters is 1. The van der Waals surface area contributed by atoms with Crippen LogP contribution in [0.25, 0.3) is 0 Å². The maximum absolute atomic E-state index is 13.0.